The Balaban J connectivity index is 1.70. The van der Waals surface area contributed by atoms with E-state index in [0.717, 1.165) is 90.8 Å². The molecule has 0 radical (unpaired) electrons. The number of aromatic nitrogens is 3. The van der Waals surface area contributed by atoms with Crippen molar-refractivity contribution in [3.63, 3.8) is 0 Å². The molecule has 0 bridgehead atoms. The lowest BCUT2D eigenvalue weighted by Crippen LogP contribution is -2.26. The van der Waals surface area contributed by atoms with Gasteiger partial charge in [0.1, 0.15) is 0 Å². The maximum absolute atomic E-state index is 14.0. The highest BCUT2D eigenvalue weighted by molar-refractivity contribution is 6.25. The van der Waals surface area contributed by atoms with Gasteiger partial charge in [-0.3, -0.25) is 42.5 Å². The van der Waals surface area contributed by atoms with E-state index in [1.807, 2.05) is 0 Å². The maximum Gasteiger partial charge on any atom is 0.262 e. The van der Waals surface area contributed by atoms with Gasteiger partial charge in [0.05, 0.1) is 32.3 Å². The topological polar surface area (TPSA) is 117 Å². The SMILES string of the molecule is CCCCCCCCCCn1c(=O)c2c3c(=O)n(CCCCCCCCCC)c(=O)c3c3c(=O)n(CCCCCCCCCC)c(=O)c3c2c1=O. The van der Waals surface area contributed by atoms with Crippen molar-refractivity contribution in [2.75, 3.05) is 0 Å². The molecule has 3 heterocycles. The summed E-state index contributed by atoms with van der Waals surface area (Å²) < 4.78 is 3.38. The third kappa shape index (κ3) is 9.55. The van der Waals surface area contributed by atoms with E-state index < -0.39 is 33.4 Å². The fourth-order valence-electron chi connectivity index (χ4n) is 7.94. The van der Waals surface area contributed by atoms with E-state index in [1.165, 1.54) is 57.8 Å². The number of rotatable bonds is 27. The molecule has 9 nitrogen and oxygen atoms in total. The first-order chi connectivity index (χ1) is 24.8. The molecule has 0 fully saturated rings. The van der Waals surface area contributed by atoms with Gasteiger partial charge in [0.15, 0.2) is 0 Å². The van der Waals surface area contributed by atoms with Gasteiger partial charge < -0.3 is 0 Å². The van der Waals surface area contributed by atoms with Crippen LogP contribution in [0.25, 0.3) is 32.3 Å². The number of nitrogens with zero attached hydrogens (tertiary/aromatic N) is 3. The van der Waals surface area contributed by atoms with Gasteiger partial charge in [-0.05, 0) is 19.3 Å². The van der Waals surface area contributed by atoms with Gasteiger partial charge in [0.25, 0.3) is 33.4 Å². The molecule has 0 atom stereocenters. The van der Waals surface area contributed by atoms with E-state index in [4.69, 9.17) is 0 Å². The summed E-state index contributed by atoms with van der Waals surface area (Å²) in [6.07, 6.45) is 25.0. The van der Waals surface area contributed by atoms with E-state index in [2.05, 4.69) is 20.8 Å². The van der Waals surface area contributed by atoms with Crippen LogP contribution in [-0.4, -0.2) is 13.7 Å². The first-order valence-corrected chi connectivity index (χ1v) is 20.6. The quantitative estimate of drug-likeness (QED) is 0.0575. The zero-order valence-corrected chi connectivity index (χ0v) is 31.9. The summed E-state index contributed by atoms with van der Waals surface area (Å²) in [5.74, 6) is 0. The van der Waals surface area contributed by atoms with Gasteiger partial charge >= 0.3 is 0 Å². The summed E-state index contributed by atoms with van der Waals surface area (Å²) in [6.45, 7) is 7.05. The molecular weight excluding hydrogens is 642 g/mol. The Morgan fingerprint density at radius 1 is 0.255 bits per heavy atom. The molecule has 0 saturated heterocycles. The van der Waals surface area contributed by atoms with Crippen LogP contribution in [-0.2, 0) is 19.6 Å². The van der Waals surface area contributed by atoms with Crippen LogP contribution in [0, 0.1) is 0 Å². The predicted molar refractivity (Wildman–Crippen MR) is 212 cm³/mol. The summed E-state index contributed by atoms with van der Waals surface area (Å²) in [5, 5.41) is -0.999. The first kappa shape index (κ1) is 40.4. The summed E-state index contributed by atoms with van der Waals surface area (Å²) >= 11 is 0. The van der Waals surface area contributed by atoms with Crippen molar-refractivity contribution in [3.8, 4) is 0 Å². The van der Waals surface area contributed by atoms with Crippen molar-refractivity contribution in [1.82, 2.24) is 13.7 Å². The normalized spacial score (nSPS) is 12.1. The third-order valence-corrected chi connectivity index (χ3v) is 11.0. The fraction of sp³-hybridized carbons (Fsp3) is 0.714. The van der Waals surface area contributed by atoms with E-state index in [-0.39, 0.29) is 52.0 Å². The molecule has 9 heteroatoms. The van der Waals surface area contributed by atoms with Crippen LogP contribution < -0.4 is 33.4 Å². The van der Waals surface area contributed by atoms with Crippen LogP contribution in [0.1, 0.15) is 175 Å². The van der Waals surface area contributed by atoms with Gasteiger partial charge in [0, 0.05) is 19.6 Å². The van der Waals surface area contributed by atoms with E-state index in [9.17, 15) is 28.8 Å². The average Bonchev–Trinajstić information content (AvgIpc) is 3.62. The second-order valence-corrected chi connectivity index (χ2v) is 15.0. The smallest absolute Gasteiger partial charge is 0.262 e. The van der Waals surface area contributed by atoms with Gasteiger partial charge in [-0.1, -0.05) is 156 Å². The summed E-state index contributed by atoms with van der Waals surface area (Å²) in [4.78, 5) is 84.0. The number of unbranched alkanes of at least 4 members (excludes halogenated alkanes) is 21. The van der Waals surface area contributed by atoms with Crippen molar-refractivity contribution in [3.05, 3.63) is 62.1 Å². The Kier molecular flexibility index (Phi) is 16.3. The largest absolute Gasteiger partial charge is 0.274 e. The predicted octanol–water partition coefficient (Wildman–Crippen LogP) is 8.45. The minimum absolute atomic E-state index is 0.166. The summed E-state index contributed by atoms with van der Waals surface area (Å²) in [6, 6.07) is 0. The van der Waals surface area contributed by atoms with Crippen molar-refractivity contribution in [2.45, 2.75) is 195 Å². The summed E-state index contributed by atoms with van der Waals surface area (Å²) in [5.41, 5.74) is -3.87. The maximum atomic E-state index is 14.0. The van der Waals surface area contributed by atoms with Crippen LogP contribution in [0.2, 0.25) is 0 Å². The Bertz CT molecular complexity index is 1640. The molecule has 51 heavy (non-hydrogen) atoms. The number of benzene rings is 1. The van der Waals surface area contributed by atoms with E-state index in [0.29, 0.717) is 19.3 Å². The molecule has 0 spiro atoms. The lowest BCUT2D eigenvalue weighted by Gasteiger charge is -2.02. The van der Waals surface area contributed by atoms with Crippen LogP contribution >= 0.6 is 0 Å². The van der Waals surface area contributed by atoms with Crippen molar-refractivity contribution >= 4 is 32.3 Å². The highest BCUT2D eigenvalue weighted by Gasteiger charge is 2.30. The molecular formula is C42H63N3O6. The van der Waals surface area contributed by atoms with Crippen molar-refractivity contribution < 1.29 is 0 Å². The molecule has 0 N–H and O–H groups in total. The monoisotopic (exact) mass is 705 g/mol. The second kappa shape index (κ2) is 20.6. The number of fused-ring (bicyclic) bond motifs is 6. The lowest BCUT2D eigenvalue weighted by molar-refractivity contribution is 0.536. The second-order valence-electron chi connectivity index (χ2n) is 15.0. The van der Waals surface area contributed by atoms with Gasteiger partial charge in [-0.2, -0.15) is 0 Å². The van der Waals surface area contributed by atoms with Gasteiger partial charge in [0.2, 0.25) is 0 Å². The van der Waals surface area contributed by atoms with Crippen LogP contribution in [0.4, 0.5) is 0 Å². The first-order valence-electron chi connectivity index (χ1n) is 20.6. The summed E-state index contributed by atoms with van der Waals surface area (Å²) in [7, 11) is 0. The Morgan fingerprint density at radius 3 is 0.588 bits per heavy atom. The molecule has 3 aromatic heterocycles. The zero-order valence-electron chi connectivity index (χ0n) is 31.9. The van der Waals surface area contributed by atoms with E-state index in [1.54, 1.807) is 0 Å². The van der Waals surface area contributed by atoms with Crippen LogP contribution in [0.15, 0.2) is 28.8 Å². The van der Waals surface area contributed by atoms with Gasteiger partial charge in [-0.25, -0.2) is 0 Å². The highest BCUT2D eigenvalue weighted by atomic mass is 16.2. The molecule has 0 aliphatic heterocycles. The van der Waals surface area contributed by atoms with Crippen LogP contribution in [0.3, 0.4) is 0 Å². The molecule has 0 aliphatic carbocycles. The van der Waals surface area contributed by atoms with Crippen molar-refractivity contribution in [2.24, 2.45) is 0 Å². The molecule has 4 rings (SSSR count). The van der Waals surface area contributed by atoms with Gasteiger partial charge in [-0.15, -0.1) is 0 Å². The Morgan fingerprint density at radius 2 is 0.412 bits per heavy atom. The standard InChI is InChI=1S/C42H63N3O6/c1-4-7-10-13-16-19-22-25-28-43-37(46)31-32(38(43)47)34-36(42(51)45(40(34)49)30-27-24-21-18-15-12-9-6-3)35-33(31)39(48)44(41(35)50)29-26-23-20-17-14-11-8-5-2/h4-30H2,1-3H3. The highest BCUT2D eigenvalue weighted by Crippen LogP contribution is 2.26. The molecule has 1 aromatic carbocycles. The molecule has 0 aliphatic rings. The minimum atomic E-state index is -0.645. The fourth-order valence-corrected chi connectivity index (χ4v) is 7.94. The zero-order chi connectivity index (χ0) is 36.8. The Hall–Kier alpha value is -3.36. The minimum Gasteiger partial charge on any atom is -0.274 e. The lowest BCUT2D eigenvalue weighted by atomic mass is 10.0. The molecule has 0 unspecified atom stereocenters. The number of hydrogen-bond acceptors (Lipinski definition) is 6. The van der Waals surface area contributed by atoms with Crippen LogP contribution in [0.5, 0.6) is 0 Å². The number of hydrogen-bond donors (Lipinski definition) is 0. The Labute approximate surface area is 302 Å². The molecule has 282 valence electrons. The molecule has 4 aromatic rings. The van der Waals surface area contributed by atoms with E-state index >= 15 is 0 Å². The molecule has 0 amide bonds. The molecule has 0 saturated carbocycles. The third-order valence-electron chi connectivity index (χ3n) is 11.0. The van der Waals surface area contributed by atoms with Crippen molar-refractivity contribution in [1.29, 1.82) is 0 Å². The average molecular weight is 706 g/mol.